The minimum absolute atomic E-state index is 0.908. The minimum atomic E-state index is 0.908. The van der Waals surface area contributed by atoms with E-state index < -0.39 is 0 Å². The average Bonchev–Trinajstić information content (AvgIpc) is 2.46. The number of hydrazine groups is 2. The van der Waals surface area contributed by atoms with Gasteiger partial charge in [0.15, 0.2) is 0 Å². The van der Waals surface area contributed by atoms with Crippen molar-refractivity contribution in [3.05, 3.63) is 23.8 Å². The summed E-state index contributed by atoms with van der Waals surface area (Å²) < 4.78 is 1.87. The highest BCUT2D eigenvalue weighted by atomic mass is 32.2. The van der Waals surface area contributed by atoms with Gasteiger partial charge in [-0.2, -0.15) is 0 Å². The first-order valence-corrected chi connectivity index (χ1v) is 4.59. The molecule has 2 aliphatic rings. The summed E-state index contributed by atoms with van der Waals surface area (Å²) in [6, 6.07) is 0. The van der Waals surface area contributed by atoms with Crippen LogP contribution >= 0.6 is 11.9 Å². The molecular weight excluding hydrogens is 174 g/mol. The first-order chi connectivity index (χ1) is 5.79. The Morgan fingerprint density at radius 2 is 2.42 bits per heavy atom. The zero-order valence-corrected chi connectivity index (χ0v) is 7.38. The van der Waals surface area contributed by atoms with Crippen molar-refractivity contribution in [2.75, 3.05) is 6.26 Å². The maximum absolute atomic E-state index is 5.49. The van der Waals surface area contributed by atoms with Crippen LogP contribution in [0.4, 0.5) is 0 Å². The van der Waals surface area contributed by atoms with Gasteiger partial charge in [0.05, 0.1) is 6.20 Å². The lowest BCUT2D eigenvalue weighted by atomic mass is 10.3. The molecule has 0 saturated carbocycles. The monoisotopic (exact) mass is 183 g/mol. The number of aliphatic imine (C=N–C) groups is 1. The van der Waals surface area contributed by atoms with Crippen LogP contribution in [0.15, 0.2) is 28.8 Å². The standard InChI is InChI=1S/C6H9N5S/c1-12-11-3-5-6(9-11)2-10(7)4-8-5/h2-4,9H,7H2,1H3. The fourth-order valence-electron chi connectivity index (χ4n) is 0.996. The van der Waals surface area contributed by atoms with Gasteiger partial charge in [-0.25, -0.2) is 15.2 Å². The molecule has 2 rings (SSSR count). The first-order valence-electron chi connectivity index (χ1n) is 3.41. The van der Waals surface area contributed by atoms with Crippen molar-refractivity contribution >= 4 is 18.3 Å². The van der Waals surface area contributed by atoms with E-state index in [9.17, 15) is 0 Å². The average molecular weight is 183 g/mol. The van der Waals surface area contributed by atoms with Crippen LogP contribution in [0.2, 0.25) is 0 Å². The van der Waals surface area contributed by atoms with Gasteiger partial charge in [0.25, 0.3) is 0 Å². The molecule has 0 atom stereocenters. The molecular formula is C6H9N5S. The van der Waals surface area contributed by atoms with E-state index >= 15 is 0 Å². The molecule has 0 aromatic rings. The van der Waals surface area contributed by atoms with Crippen molar-refractivity contribution in [1.29, 1.82) is 0 Å². The summed E-state index contributed by atoms with van der Waals surface area (Å²) in [6.45, 7) is 0. The summed E-state index contributed by atoms with van der Waals surface area (Å²) >= 11 is 1.57. The van der Waals surface area contributed by atoms with Gasteiger partial charge in [-0.05, 0) is 11.9 Å². The SMILES string of the molecule is CSN1C=C2N=CN(N)C=C2N1. The Bertz CT molecular complexity index is 282. The number of hydrogen-bond acceptors (Lipinski definition) is 6. The quantitative estimate of drug-likeness (QED) is 0.442. The summed E-state index contributed by atoms with van der Waals surface area (Å²) in [7, 11) is 0. The Labute approximate surface area is 74.7 Å². The van der Waals surface area contributed by atoms with Crippen LogP contribution in [0, 0.1) is 0 Å². The molecule has 6 heteroatoms. The van der Waals surface area contributed by atoms with Crippen LogP contribution in [0.1, 0.15) is 0 Å². The smallest absolute Gasteiger partial charge is 0.110 e. The molecule has 12 heavy (non-hydrogen) atoms. The van der Waals surface area contributed by atoms with Gasteiger partial charge in [0, 0.05) is 12.5 Å². The fraction of sp³-hybridized carbons (Fsp3) is 0.167. The lowest BCUT2D eigenvalue weighted by molar-refractivity contribution is 0.532. The van der Waals surface area contributed by atoms with Crippen molar-refractivity contribution in [2.24, 2.45) is 10.8 Å². The van der Waals surface area contributed by atoms with Crippen molar-refractivity contribution in [3.63, 3.8) is 0 Å². The van der Waals surface area contributed by atoms with Crippen LogP contribution in [0.25, 0.3) is 0 Å². The van der Waals surface area contributed by atoms with Crippen LogP contribution in [-0.4, -0.2) is 22.0 Å². The maximum atomic E-state index is 5.49. The second kappa shape index (κ2) is 2.72. The molecule has 0 unspecified atom stereocenters. The zero-order valence-electron chi connectivity index (χ0n) is 6.56. The predicted octanol–water partition coefficient (Wildman–Crippen LogP) is -0.0150. The zero-order chi connectivity index (χ0) is 8.55. The van der Waals surface area contributed by atoms with Gasteiger partial charge in [-0.3, -0.25) is 10.4 Å². The van der Waals surface area contributed by atoms with Crippen molar-refractivity contribution in [3.8, 4) is 0 Å². The van der Waals surface area contributed by atoms with E-state index in [-0.39, 0.29) is 0 Å². The first kappa shape index (κ1) is 7.51. The predicted molar refractivity (Wildman–Crippen MR) is 49.2 cm³/mol. The molecule has 0 bridgehead atoms. The normalized spacial score (nSPS) is 20.2. The number of fused-ring (bicyclic) bond motifs is 1. The Morgan fingerprint density at radius 3 is 3.17 bits per heavy atom. The number of nitrogens with zero attached hydrogens (tertiary/aromatic N) is 3. The third-order valence-corrected chi connectivity index (χ3v) is 2.14. The Morgan fingerprint density at radius 1 is 1.58 bits per heavy atom. The van der Waals surface area contributed by atoms with E-state index in [1.54, 1.807) is 24.5 Å². The highest BCUT2D eigenvalue weighted by Crippen LogP contribution is 2.22. The lowest BCUT2D eigenvalue weighted by Gasteiger charge is -2.15. The lowest BCUT2D eigenvalue weighted by Crippen LogP contribution is -2.29. The summed E-state index contributed by atoms with van der Waals surface area (Å²) in [4.78, 5) is 4.12. The molecule has 0 saturated heterocycles. The second-order valence-corrected chi connectivity index (χ2v) is 3.13. The number of nitrogens with two attached hydrogens (primary N) is 1. The number of rotatable bonds is 1. The van der Waals surface area contributed by atoms with E-state index in [0.717, 1.165) is 11.4 Å². The Balaban J connectivity index is 2.23. The third kappa shape index (κ3) is 1.15. The number of nitrogens with one attached hydrogen (secondary N) is 1. The molecule has 3 N–H and O–H groups in total. The Hall–Kier alpha value is -1.14. The van der Waals surface area contributed by atoms with E-state index in [1.807, 2.05) is 16.9 Å². The van der Waals surface area contributed by atoms with Gasteiger partial charge < -0.3 is 0 Å². The van der Waals surface area contributed by atoms with Crippen LogP contribution in [0.5, 0.6) is 0 Å². The molecule has 0 radical (unpaired) electrons. The second-order valence-electron chi connectivity index (χ2n) is 2.37. The fourth-order valence-corrected chi connectivity index (χ4v) is 1.39. The van der Waals surface area contributed by atoms with Gasteiger partial charge in [-0.15, -0.1) is 0 Å². The minimum Gasteiger partial charge on any atom is -0.285 e. The Kier molecular flexibility index (Phi) is 1.70. The van der Waals surface area contributed by atoms with Crippen LogP contribution in [0.3, 0.4) is 0 Å². The molecule has 2 heterocycles. The van der Waals surface area contributed by atoms with E-state index in [4.69, 9.17) is 5.84 Å². The third-order valence-electron chi connectivity index (χ3n) is 1.55. The largest absolute Gasteiger partial charge is 0.285 e. The van der Waals surface area contributed by atoms with Crippen molar-refractivity contribution < 1.29 is 0 Å². The molecule has 0 fully saturated rings. The molecule has 0 spiro atoms. The molecule has 5 nitrogen and oxygen atoms in total. The molecule has 2 aliphatic heterocycles. The molecule has 0 aromatic carbocycles. The number of hydrogen-bond donors (Lipinski definition) is 2. The topological polar surface area (TPSA) is 56.9 Å². The van der Waals surface area contributed by atoms with Gasteiger partial charge in [0.1, 0.15) is 17.7 Å². The molecule has 0 aromatic heterocycles. The summed E-state index contributed by atoms with van der Waals surface area (Å²) in [5, 5.41) is 1.42. The van der Waals surface area contributed by atoms with Gasteiger partial charge in [0.2, 0.25) is 0 Å². The van der Waals surface area contributed by atoms with Crippen LogP contribution in [-0.2, 0) is 0 Å². The summed E-state index contributed by atoms with van der Waals surface area (Å²) in [5.41, 5.74) is 4.94. The van der Waals surface area contributed by atoms with E-state index in [0.29, 0.717) is 0 Å². The molecule has 0 amide bonds. The van der Waals surface area contributed by atoms with Crippen molar-refractivity contribution in [1.82, 2.24) is 14.8 Å². The van der Waals surface area contributed by atoms with Gasteiger partial charge >= 0.3 is 0 Å². The highest BCUT2D eigenvalue weighted by molar-refractivity contribution is 7.96. The van der Waals surface area contributed by atoms with Crippen molar-refractivity contribution in [2.45, 2.75) is 0 Å². The van der Waals surface area contributed by atoms with E-state index in [2.05, 4.69) is 10.4 Å². The maximum Gasteiger partial charge on any atom is 0.110 e. The van der Waals surface area contributed by atoms with Gasteiger partial charge in [-0.1, -0.05) is 0 Å². The van der Waals surface area contributed by atoms with Crippen LogP contribution < -0.4 is 11.3 Å². The molecule has 64 valence electrons. The molecule has 0 aliphatic carbocycles. The summed E-state index contributed by atoms with van der Waals surface area (Å²) in [5.74, 6) is 5.49. The van der Waals surface area contributed by atoms with E-state index in [1.165, 1.54) is 5.01 Å². The summed E-state index contributed by atoms with van der Waals surface area (Å²) in [6.07, 6.45) is 7.25. The highest BCUT2D eigenvalue weighted by Gasteiger charge is 2.18.